The Balaban J connectivity index is 1.86. The van der Waals surface area contributed by atoms with Gasteiger partial charge in [-0.1, -0.05) is 0 Å². The third-order valence-electron chi connectivity index (χ3n) is 4.92. The van der Waals surface area contributed by atoms with Crippen LogP contribution >= 0.6 is 0 Å². The molecular formula is C19H22O8. The lowest BCUT2D eigenvalue weighted by molar-refractivity contribution is -0.179. The van der Waals surface area contributed by atoms with Crippen LogP contribution in [0.15, 0.2) is 33.5 Å². The van der Waals surface area contributed by atoms with Gasteiger partial charge in [0.25, 0.3) is 0 Å². The van der Waals surface area contributed by atoms with E-state index in [1.165, 1.54) is 19.1 Å². The molecule has 27 heavy (non-hydrogen) atoms. The molecule has 146 valence electrons. The summed E-state index contributed by atoms with van der Waals surface area (Å²) in [6.07, 6.45) is -2.17. The van der Waals surface area contributed by atoms with Crippen molar-refractivity contribution in [2.75, 3.05) is 6.61 Å². The van der Waals surface area contributed by atoms with E-state index in [2.05, 4.69) is 0 Å². The van der Waals surface area contributed by atoms with Gasteiger partial charge < -0.3 is 29.2 Å². The Morgan fingerprint density at radius 3 is 2.59 bits per heavy atom. The number of esters is 1. The number of cyclic esters (lactones) is 1. The first kappa shape index (κ1) is 19.3. The molecule has 0 bridgehead atoms. The lowest BCUT2D eigenvalue weighted by Crippen LogP contribution is -2.51. The smallest absolute Gasteiger partial charge is 0.340 e. The van der Waals surface area contributed by atoms with E-state index in [0.29, 0.717) is 5.39 Å². The number of aliphatic hydroxyl groups is 2. The van der Waals surface area contributed by atoms with E-state index in [9.17, 15) is 24.9 Å². The zero-order valence-electron chi connectivity index (χ0n) is 15.3. The fourth-order valence-electron chi connectivity index (χ4n) is 3.00. The van der Waals surface area contributed by atoms with Gasteiger partial charge in [0.05, 0.1) is 11.7 Å². The fraction of sp³-hybridized carbons (Fsp3) is 0.474. The van der Waals surface area contributed by atoms with Gasteiger partial charge in [0.1, 0.15) is 24.0 Å². The Morgan fingerprint density at radius 1 is 1.30 bits per heavy atom. The molecule has 1 fully saturated rings. The minimum absolute atomic E-state index is 0.0766. The Hall–Kier alpha value is -2.42. The maximum atomic E-state index is 11.6. The van der Waals surface area contributed by atoms with E-state index in [1.807, 2.05) is 0 Å². The highest BCUT2D eigenvalue weighted by Crippen LogP contribution is 2.33. The minimum atomic E-state index is -1.81. The number of carbonyl (C=O) groups excluding carboxylic acids is 1. The van der Waals surface area contributed by atoms with Crippen LogP contribution in [-0.4, -0.2) is 51.3 Å². The van der Waals surface area contributed by atoms with Gasteiger partial charge in [-0.25, -0.2) is 9.59 Å². The van der Waals surface area contributed by atoms with Crippen molar-refractivity contribution in [3.05, 3.63) is 40.2 Å². The Bertz CT molecular complexity index is 927. The average Bonchev–Trinajstić information content (AvgIpc) is 2.83. The second kappa shape index (κ2) is 6.63. The van der Waals surface area contributed by atoms with E-state index >= 15 is 0 Å². The number of phenolic OH excluding ortho intramolecular Hbond substituents is 1. The summed E-state index contributed by atoms with van der Waals surface area (Å²) in [6.45, 7) is 4.35. The predicted molar refractivity (Wildman–Crippen MR) is 94.4 cm³/mol. The van der Waals surface area contributed by atoms with E-state index in [1.54, 1.807) is 26.0 Å². The largest absolute Gasteiger partial charge is 0.508 e. The van der Waals surface area contributed by atoms with Crippen molar-refractivity contribution in [1.29, 1.82) is 0 Å². The van der Waals surface area contributed by atoms with Crippen LogP contribution in [0.2, 0.25) is 0 Å². The molecule has 8 heteroatoms. The molecule has 8 nitrogen and oxygen atoms in total. The number of aliphatic hydroxyl groups excluding tert-OH is 1. The number of carbonyl (C=O) groups is 1. The van der Waals surface area contributed by atoms with Crippen LogP contribution in [0.4, 0.5) is 0 Å². The Morgan fingerprint density at radius 2 is 1.96 bits per heavy atom. The Kier molecular flexibility index (Phi) is 4.75. The van der Waals surface area contributed by atoms with E-state index < -0.39 is 35.0 Å². The SMILES string of the molecule is CC(C)(OC1COC(=O)C1(C)O)C(O)Cc1c(O)ccc2ccc(=O)oc12. The van der Waals surface area contributed by atoms with Gasteiger partial charge in [0.15, 0.2) is 5.60 Å². The third-order valence-corrected chi connectivity index (χ3v) is 4.92. The maximum absolute atomic E-state index is 11.6. The molecule has 1 aromatic carbocycles. The molecule has 0 aliphatic carbocycles. The van der Waals surface area contributed by atoms with Gasteiger partial charge in [-0.15, -0.1) is 0 Å². The molecule has 0 radical (unpaired) electrons. The van der Waals surface area contributed by atoms with Crippen molar-refractivity contribution in [3.8, 4) is 5.75 Å². The van der Waals surface area contributed by atoms with Gasteiger partial charge in [-0.2, -0.15) is 0 Å². The van der Waals surface area contributed by atoms with Gasteiger partial charge in [-0.3, -0.25) is 0 Å². The van der Waals surface area contributed by atoms with Crippen LogP contribution in [0, 0.1) is 0 Å². The molecular weight excluding hydrogens is 356 g/mol. The molecule has 1 aromatic heterocycles. The zero-order valence-corrected chi connectivity index (χ0v) is 15.3. The molecule has 1 aliphatic heterocycles. The number of fused-ring (bicyclic) bond motifs is 1. The lowest BCUT2D eigenvalue weighted by Gasteiger charge is -2.35. The Labute approximate surface area is 154 Å². The monoisotopic (exact) mass is 378 g/mol. The van der Waals surface area contributed by atoms with Crippen molar-refractivity contribution in [2.24, 2.45) is 0 Å². The number of rotatable bonds is 5. The van der Waals surface area contributed by atoms with E-state index in [-0.39, 0.29) is 29.9 Å². The van der Waals surface area contributed by atoms with Crippen molar-refractivity contribution >= 4 is 16.9 Å². The second-order valence-corrected chi connectivity index (χ2v) is 7.41. The first-order chi connectivity index (χ1) is 12.5. The standard InChI is InChI=1S/C19H22O8/c1-18(2,27-14-9-25-17(23)19(14,3)24)13(21)8-11-12(20)6-4-10-5-7-15(22)26-16(10)11/h4-7,13-14,20-21,24H,8-9H2,1-3H3. The highest BCUT2D eigenvalue weighted by Gasteiger charge is 2.51. The number of phenols is 1. The van der Waals surface area contributed by atoms with Crippen LogP contribution in [0.5, 0.6) is 5.75 Å². The van der Waals surface area contributed by atoms with E-state index in [0.717, 1.165) is 0 Å². The van der Waals surface area contributed by atoms with Crippen molar-refractivity contribution in [1.82, 2.24) is 0 Å². The fourth-order valence-corrected chi connectivity index (χ4v) is 3.00. The third kappa shape index (κ3) is 3.55. The molecule has 2 heterocycles. The van der Waals surface area contributed by atoms with Gasteiger partial charge in [0.2, 0.25) is 0 Å². The summed E-state index contributed by atoms with van der Waals surface area (Å²) in [4.78, 5) is 23.1. The van der Waals surface area contributed by atoms with Crippen LogP contribution in [0.1, 0.15) is 26.3 Å². The summed E-state index contributed by atoms with van der Waals surface area (Å²) >= 11 is 0. The normalized spacial score (nSPS) is 24.2. The van der Waals surface area contributed by atoms with Gasteiger partial charge >= 0.3 is 11.6 Å². The lowest BCUT2D eigenvalue weighted by atomic mass is 9.92. The zero-order chi connectivity index (χ0) is 20.0. The van der Waals surface area contributed by atoms with Crippen LogP contribution in [0.3, 0.4) is 0 Å². The molecule has 0 amide bonds. The molecule has 3 atom stereocenters. The summed E-state index contributed by atoms with van der Waals surface area (Å²) < 4.78 is 15.8. The summed E-state index contributed by atoms with van der Waals surface area (Å²) in [6, 6.07) is 5.89. The number of aromatic hydroxyl groups is 1. The van der Waals surface area contributed by atoms with Gasteiger partial charge in [0, 0.05) is 23.4 Å². The average molecular weight is 378 g/mol. The number of hydrogen-bond acceptors (Lipinski definition) is 8. The van der Waals surface area contributed by atoms with Crippen LogP contribution in [-0.2, 0) is 20.7 Å². The minimum Gasteiger partial charge on any atom is -0.508 e. The predicted octanol–water partition coefficient (Wildman–Crippen LogP) is 0.874. The topological polar surface area (TPSA) is 126 Å². The van der Waals surface area contributed by atoms with Crippen molar-refractivity contribution in [2.45, 2.75) is 50.6 Å². The molecule has 3 rings (SSSR count). The molecule has 1 aliphatic rings. The van der Waals surface area contributed by atoms with Crippen LogP contribution in [0.25, 0.3) is 11.0 Å². The summed E-state index contributed by atoms with van der Waals surface area (Å²) in [5, 5.41) is 31.7. The molecule has 3 unspecified atom stereocenters. The molecule has 2 aromatic rings. The number of hydrogen-bond donors (Lipinski definition) is 3. The molecule has 3 N–H and O–H groups in total. The van der Waals surface area contributed by atoms with E-state index in [4.69, 9.17) is 13.9 Å². The van der Waals surface area contributed by atoms with Crippen molar-refractivity contribution < 1.29 is 34.0 Å². The summed E-state index contributed by atoms with van der Waals surface area (Å²) in [5.74, 6) is -0.913. The molecule has 0 spiro atoms. The molecule has 0 saturated carbocycles. The maximum Gasteiger partial charge on any atom is 0.340 e. The highest BCUT2D eigenvalue weighted by atomic mass is 16.6. The summed E-state index contributed by atoms with van der Waals surface area (Å²) in [5.41, 5.74) is -3.14. The number of benzene rings is 1. The quantitative estimate of drug-likeness (QED) is 0.517. The van der Waals surface area contributed by atoms with Crippen molar-refractivity contribution in [3.63, 3.8) is 0 Å². The summed E-state index contributed by atoms with van der Waals surface area (Å²) in [7, 11) is 0. The molecule has 1 saturated heterocycles. The first-order valence-corrected chi connectivity index (χ1v) is 8.52. The van der Waals surface area contributed by atoms with Gasteiger partial charge in [-0.05, 0) is 39.0 Å². The second-order valence-electron chi connectivity index (χ2n) is 7.41. The van der Waals surface area contributed by atoms with Crippen LogP contribution < -0.4 is 5.63 Å². The number of ether oxygens (including phenoxy) is 2. The highest BCUT2D eigenvalue weighted by molar-refractivity contribution is 5.82. The first-order valence-electron chi connectivity index (χ1n) is 8.52.